The van der Waals surface area contributed by atoms with Crippen molar-refractivity contribution in [1.29, 1.82) is 0 Å². The Kier molecular flexibility index (Phi) is 5.39. The van der Waals surface area contributed by atoms with Gasteiger partial charge in [0.25, 0.3) is 0 Å². The standard InChI is InChI=1S/C20H21ClN2O2/c1-14-2-4-15(5-3-14)10-12-22-19(24)18-11-13-23(20(18)25)17-8-6-16(21)7-9-17/h2-9,18H,10-13H2,1H3,(H,22,24)/t18-/m1/s1. The van der Waals surface area contributed by atoms with Gasteiger partial charge in [-0.1, -0.05) is 41.4 Å². The van der Waals surface area contributed by atoms with Gasteiger partial charge >= 0.3 is 0 Å². The Labute approximate surface area is 152 Å². The molecular formula is C20H21ClN2O2. The van der Waals surface area contributed by atoms with Crippen LogP contribution in [0.4, 0.5) is 5.69 Å². The first-order valence-corrected chi connectivity index (χ1v) is 8.82. The highest BCUT2D eigenvalue weighted by molar-refractivity contribution is 6.30. The summed E-state index contributed by atoms with van der Waals surface area (Å²) in [6.45, 7) is 3.13. The van der Waals surface area contributed by atoms with Crippen LogP contribution in [-0.2, 0) is 16.0 Å². The van der Waals surface area contributed by atoms with Crippen LogP contribution in [0.2, 0.25) is 5.02 Å². The van der Waals surface area contributed by atoms with Crippen LogP contribution in [-0.4, -0.2) is 24.9 Å². The fraction of sp³-hybridized carbons (Fsp3) is 0.300. The minimum atomic E-state index is -0.603. The van der Waals surface area contributed by atoms with Gasteiger partial charge in [-0.2, -0.15) is 0 Å². The molecule has 130 valence electrons. The Morgan fingerprint density at radius 1 is 1.16 bits per heavy atom. The van der Waals surface area contributed by atoms with E-state index in [9.17, 15) is 9.59 Å². The molecule has 3 rings (SSSR count). The zero-order valence-electron chi connectivity index (χ0n) is 14.2. The Hall–Kier alpha value is -2.33. The summed E-state index contributed by atoms with van der Waals surface area (Å²) in [5.41, 5.74) is 3.17. The molecule has 0 saturated carbocycles. The van der Waals surface area contributed by atoms with E-state index in [1.54, 1.807) is 29.2 Å². The molecule has 1 heterocycles. The van der Waals surface area contributed by atoms with Crippen molar-refractivity contribution in [3.8, 4) is 0 Å². The third-order valence-corrected chi connectivity index (χ3v) is 4.75. The minimum absolute atomic E-state index is 0.143. The number of halogens is 1. The maximum atomic E-state index is 12.5. The topological polar surface area (TPSA) is 49.4 Å². The summed E-state index contributed by atoms with van der Waals surface area (Å²) in [6.07, 6.45) is 1.30. The van der Waals surface area contributed by atoms with E-state index in [-0.39, 0.29) is 11.8 Å². The van der Waals surface area contributed by atoms with Crippen molar-refractivity contribution in [2.24, 2.45) is 5.92 Å². The Morgan fingerprint density at radius 3 is 2.52 bits per heavy atom. The van der Waals surface area contributed by atoms with Crippen molar-refractivity contribution in [1.82, 2.24) is 5.32 Å². The zero-order valence-corrected chi connectivity index (χ0v) is 14.9. The molecule has 0 aliphatic carbocycles. The van der Waals surface area contributed by atoms with E-state index < -0.39 is 5.92 Å². The number of benzene rings is 2. The number of hydrogen-bond donors (Lipinski definition) is 1. The van der Waals surface area contributed by atoms with Crippen LogP contribution in [0.5, 0.6) is 0 Å². The second-order valence-corrected chi connectivity index (χ2v) is 6.77. The molecule has 1 aliphatic heterocycles. The van der Waals surface area contributed by atoms with E-state index in [2.05, 4.69) is 29.6 Å². The van der Waals surface area contributed by atoms with E-state index in [4.69, 9.17) is 11.6 Å². The molecule has 0 bridgehead atoms. The van der Waals surface area contributed by atoms with Crippen LogP contribution in [0.25, 0.3) is 0 Å². The number of carbonyl (C=O) groups excluding carboxylic acids is 2. The van der Waals surface area contributed by atoms with Crippen molar-refractivity contribution in [3.63, 3.8) is 0 Å². The number of aryl methyl sites for hydroxylation is 1. The largest absolute Gasteiger partial charge is 0.355 e. The molecule has 1 N–H and O–H groups in total. The normalized spacial score (nSPS) is 17.0. The Balaban J connectivity index is 1.53. The van der Waals surface area contributed by atoms with Crippen LogP contribution in [0, 0.1) is 12.8 Å². The van der Waals surface area contributed by atoms with Crippen molar-refractivity contribution in [2.75, 3.05) is 18.0 Å². The maximum absolute atomic E-state index is 12.5. The number of rotatable bonds is 5. The molecule has 1 atom stereocenters. The minimum Gasteiger partial charge on any atom is -0.355 e. The van der Waals surface area contributed by atoms with E-state index in [1.165, 1.54) is 11.1 Å². The number of anilines is 1. The highest BCUT2D eigenvalue weighted by atomic mass is 35.5. The lowest BCUT2D eigenvalue weighted by atomic mass is 10.1. The molecule has 0 spiro atoms. The summed E-state index contributed by atoms with van der Waals surface area (Å²) < 4.78 is 0. The molecule has 1 saturated heterocycles. The van der Waals surface area contributed by atoms with Gasteiger partial charge in [-0.25, -0.2) is 0 Å². The van der Waals surface area contributed by atoms with E-state index in [0.29, 0.717) is 24.5 Å². The van der Waals surface area contributed by atoms with E-state index >= 15 is 0 Å². The average Bonchev–Trinajstić information content (AvgIpc) is 2.99. The van der Waals surface area contributed by atoms with Gasteiger partial charge in [0.15, 0.2) is 0 Å². The predicted octanol–water partition coefficient (Wildman–Crippen LogP) is 3.36. The van der Waals surface area contributed by atoms with Crippen LogP contribution in [0.1, 0.15) is 17.5 Å². The number of amides is 2. The molecule has 0 radical (unpaired) electrons. The summed E-state index contributed by atoms with van der Waals surface area (Å²) in [7, 11) is 0. The van der Waals surface area contributed by atoms with Gasteiger partial charge in [-0.15, -0.1) is 0 Å². The molecule has 2 aromatic carbocycles. The molecule has 0 aromatic heterocycles. The van der Waals surface area contributed by atoms with Crippen LogP contribution < -0.4 is 10.2 Å². The van der Waals surface area contributed by atoms with Crippen molar-refractivity contribution in [3.05, 3.63) is 64.7 Å². The van der Waals surface area contributed by atoms with Gasteiger partial charge in [-0.05, 0) is 49.6 Å². The molecule has 25 heavy (non-hydrogen) atoms. The third kappa shape index (κ3) is 4.20. The zero-order chi connectivity index (χ0) is 17.8. The highest BCUT2D eigenvalue weighted by Crippen LogP contribution is 2.26. The van der Waals surface area contributed by atoms with Crippen LogP contribution >= 0.6 is 11.6 Å². The van der Waals surface area contributed by atoms with Crippen molar-refractivity contribution >= 4 is 29.1 Å². The molecule has 1 aliphatic rings. The molecule has 2 aromatic rings. The summed E-state index contributed by atoms with van der Waals surface area (Å²) in [5, 5.41) is 3.52. The number of carbonyl (C=O) groups is 2. The summed E-state index contributed by atoms with van der Waals surface area (Å²) in [6, 6.07) is 15.3. The predicted molar refractivity (Wildman–Crippen MR) is 99.8 cm³/mol. The third-order valence-electron chi connectivity index (χ3n) is 4.49. The molecular weight excluding hydrogens is 336 g/mol. The lowest BCUT2D eigenvalue weighted by Crippen LogP contribution is -2.37. The number of nitrogens with zero attached hydrogens (tertiary/aromatic N) is 1. The quantitative estimate of drug-likeness (QED) is 0.835. The molecule has 1 fully saturated rings. The van der Waals surface area contributed by atoms with Crippen molar-refractivity contribution < 1.29 is 9.59 Å². The lowest BCUT2D eigenvalue weighted by Gasteiger charge is -2.16. The molecule has 5 heteroatoms. The number of hydrogen-bond acceptors (Lipinski definition) is 2. The molecule has 2 amide bonds. The fourth-order valence-corrected chi connectivity index (χ4v) is 3.13. The monoisotopic (exact) mass is 356 g/mol. The fourth-order valence-electron chi connectivity index (χ4n) is 3.01. The SMILES string of the molecule is Cc1ccc(CCNC(=O)[C@H]2CCN(c3ccc(Cl)cc3)C2=O)cc1. The van der Waals surface area contributed by atoms with Gasteiger partial charge < -0.3 is 10.2 Å². The highest BCUT2D eigenvalue weighted by Gasteiger charge is 2.37. The second kappa shape index (κ2) is 7.70. The average molecular weight is 357 g/mol. The lowest BCUT2D eigenvalue weighted by molar-refractivity contribution is -0.132. The van der Waals surface area contributed by atoms with Gasteiger partial charge in [0.2, 0.25) is 11.8 Å². The summed E-state index contributed by atoms with van der Waals surface area (Å²) >= 11 is 5.88. The number of nitrogens with one attached hydrogen (secondary N) is 1. The van der Waals surface area contributed by atoms with Crippen LogP contribution in [0.3, 0.4) is 0 Å². The van der Waals surface area contributed by atoms with E-state index in [1.807, 2.05) is 6.92 Å². The smallest absolute Gasteiger partial charge is 0.239 e. The van der Waals surface area contributed by atoms with E-state index in [0.717, 1.165) is 12.1 Å². The molecule has 0 unspecified atom stereocenters. The van der Waals surface area contributed by atoms with Gasteiger partial charge in [-0.3, -0.25) is 9.59 Å². The molecule has 4 nitrogen and oxygen atoms in total. The summed E-state index contributed by atoms with van der Waals surface area (Å²) in [4.78, 5) is 26.5. The first-order chi connectivity index (χ1) is 12.0. The van der Waals surface area contributed by atoms with Crippen molar-refractivity contribution in [2.45, 2.75) is 19.8 Å². The Morgan fingerprint density at radius 2 is 1.84 bits per heavy atom. The second-order valence-electron chi connectivity index (χ2n) is 6.33. The van der Waals surface area contributed by atoms with Crippen LogP contribution in [0.15, 0.2) is 48.5 Å². The van der Waals surface area contributed by atoms with Gasteiger partial charge in [0, 0.05) is 23.8 Å². The Bertz CT molecular complexity index is 756. The summed E-state index contributed by atoms with van der Waals surface area (Å²) in [5.74, 6) is -0.933. The van der Waals surface area contributed by atoms with Gasteiger partial charge in [0.05, 0.1) is 0 Å². The maximum Gasteiger partial charge on any atom is 0.239 e. The first-order valence-electron chi connectivity index (χ1n) is 8.45. The van der Waals surface area contributed by atoms with Gasteiger partial charge in [0.1, 0.15) is 5.92 Å². The first kappa shape index (κ1) is 17.5.